The van der Waals surface area contributed by atoms with Gasteiger partial charge in [-0.2, -0.15) is 0 Å². The minimum Gasteiger partial charge on any atom is -0.465 e. The molecule has 0 aromatic heterocycles. The fraction of sp³-hybridized carbons (Fsp3) is 0.391. The van der Waals surface area contributed by atoms with E-state index in [1.807, 2.05) is 13.0 Å². The number of benzene rings is 1. The van der Waals surface area contributed by atoms with E-state index in [0.29, 0.717) is 0 Å². The van der Waals surface area contributed by atoms with Gasteiger partial charge in [0, 0.05) is 19.3 Å². The third-order valence-electron chi connectivity index (χ3n) is 5.23. The highest BCUT2D eigenvalue weighted by molar-refractivity contribution is 6.06. The fourth-order valence-electron chi connectivity index (χ4n) is 3.76. The number of rotatable bonds is 4. The number of ether oxygens (including phenoxy) is 2. The lowest BCUT2D eigenvalue weighted by Crippen LogP contribution is -2.30. The van der Waals surface area contributed by atoms with E-state index < -0.39 is 11.9 Å². The van der Waals surface area contributed by atoms with E-state index in [4.69, 9.17) is 9.47 Å². The summed E-state index contributed by atoms with van der Waals surface area (Å²) in [5.41, 5.74) is 3.25. The standard InChI is InChI=1S/C23H28N2O4/c1-17-11-12-19(24-13-7-4-5-8-14-24)20(16-17)25-15-9-6-10-18(22(26)28-2)21(25)23(27)29-3/h6,9-12,15-16H,4-5,7-8,13-14H2,1-3H3. The molecule has 2 aliphatic rings. The van der Waals surface area contributed by atoms with Gasteiger partial charge in [-0.3, -0.25) is 0 Å². The number of anilines is 2. The van der Waals surface area contributed by atoms with E-state index in [0.717, 1.165) is 42.9 Å². The van der Waals surface area contributed by atoms with Crippen LogP contribution in [-0.4, -0.2) is 39.2 Å². The molecule has 2 heterocycles. The summed E-state index contributed by atoms with van der Waals surface area (Å²) in [6.07, 6.45) is 11.6. The van der Waals surface area contributed by atoms with E-state index in [9.17, 15) is 9.59 Å². The van der Waals surface area contributed by atoms with Gasteiger partial charge in [0.1, 0.15) is 5.70 Å². The number of methoxy groups -OCH3 is 2. The summed E-state index contributed by atoms with van der Waals surface area (Å²) in [7, 11) is 2.61. The van der Waals surface area contributed by atoms with Gasteiger partial charge in [0.15, 0.2) is 0 Å². The molecule has 6 heteroatoms. The molecule has 0 bridgehead atoms. The first-order valence-electron chi connectivity index (χ1n) is 9.97. The Morgan fingerprint density at radius 2 is 1.59 bits per heavy atom. The topological polar surface area (TPSA) is 59.1 Å². The van der Waals surface area contributed by atoms with Crippen LogP contribution in [0.15, 0.2) is 53.9 Å². The van der Waals surface area contributed by atoms with Crippen molar-refractivity contribution in [2.24, 2.45) is 0 Å². The van der Waals surface area contributed by atoms with Crippen LogP contribution >= 0.6 is 0 Å². The smallest absolute Gasteiger partial charge is 0.355 e. The van der Waals surface area contributed by atoms with E-state index in [-0.39, 0.29) is 11.3 Å². The van der Waals surface area contributed by atoms with Crippen molar-refractivity contribution in [1.29, 1.82) is 0 Å². The number of esters is 2. The number of hydrogen-bond acceptors (Lipinski definition) is 6. The molecular weight excluding hydrogens is 368 g/mol. The lowest BCUT2D eigenvalue weighted by molar-refractivity contribution is -0.139. The van der Waals surface area contributed by atoms with Crippen LogP contribution in [0.3, 0.4) is 0 Å². The summed E-state index contributed by atoms with van der Waals surface area (Å²) >= 11 is 0. The van der Waals surface area contributed by atoms with E-state index >= 15 is 0 Å². The average molecular weight is 396 g/mol. The lowest BCUT2D eigenvalue weighted by Gasteiger charge is -2.31. The summed E-state index contributed by atoms with van der Waals surface area (Å²) in [6, 6.07) is 6.20. The first-order chi connectivity index (χ1) is 14.1. The second kappa shape index (κ2) is 9.45. The zero-order valence-electron chi connectivity index (χ0n) is 17.3. The lowest BCUT2D eigenvalue weighted by atomic mass is 10.1. The molecule has 0 aliphatic carbocycles. The maximum absolute atomic E-state index is 12.8. The molecule has 0 amide bonds. The first-order valence-corrected chi connectivity index (χ1v) is 9.97. The molecule has 0 atom stereocenters. The van der Waals surface area contributed by atoms with Crippen molar-refractivity contribution in [3.8, 4) is 0 Å². The molecular formula is C23H28N2O4. The van der Waals surface area contributed by atoms with Gasteiger partial charge >= 0.3 is 11.9 Å². The Kier molecular flexibility index (Phi) is 6.75. The van der Waals surface area contributed by atoms with E-state index in [1.54, 1.807) is 29.3 Å². The summed E-state index contributed by atoms with van der Waals surface area (Å²) in [5, 5.41) is 0. The average Bonchev–Trinajstić information content (AvgIpc) is 3.13. The monoisotopic (exact) mass is 396 g/mol. The quantitative estimate of drug-likeness (QED) is 0.720. The predicted molar refractivity (Wildman–Crippen MR) is 114 cm³/mol. The normalized spacial score (nSPS) is 17.1. The third kappa shape index (κ3) is 4.53. The summed E-state index contributed by atoms with van der Waals surface area (Å²) < 4.78 is 9.95. The van der Waals surface area contributed by atoms with Crippen molar-refractivity contribution >= 4 is 23.3 Å². The number of aryl methyl sites for hydroxylation is 1. The molecule has 1 aromatic carbocycles. The van der Waals surface area contributed by atoms with Crippen LogP contribution in [0.4, 0.5) is 11.4 Å². The van der Waals surface area contributed by atoms with Crippen LogP contribution in [0.2, 0.25) is 0 Å². The second-order valence-corrected chi connectivity index (χ2v) is 7.21. The molecule has 29 heavy (non-hydrogen) atoms. The van der Waals surface area contributed by atoms with Crippen molar-refractivity contribution in [2.45, 2.75) is 32.6 Å². The summed E-state index contributed by atoms with van der Waals surface area (Å²) in [5.74, 6) is -1.18. The van der Waals surface area contributed by atoms with Gasteiger partial charge in [-0.25, -0.2) is 9.59 Å². The van der Waals surface area contributed by atoms with Crippen LogP contribution in [0, 0.1) is 6.92 Å². The molecule has 1 fully saturated rings. The Hall–Kier alpha value is -3.02. The Balaban J connectivity index is 2.17. The maximum atomic E-state index is 12.8. The van der Waals surface area contributed by atoms with Gasteiger partial charge in [-0.05, 0) is 49.6 Å². The molecule has 154 valence electrons. The van der Waals surface area contributed by atoms with Gasteiger partial charge in [0.05, 0.1) is 31.2 Å². The molecule has 0 N–H and O–H groups in total. The predicted octanol–water partition coefficient (Wildman–Crippen LogP) is 3.87. The molecule has 0 saturated carbocycles. The van der Waals surface area contributed by atoms with E-state index in [1.165, 1.54) is 27.1 Å². The number of carbonyl (C=O) groups excluding carboxylic acids is 2. The maximum Gasteiger partial charge on any atom is 0.355 e. The Bertz CT molecular complexity index is 862. The van der Waals surface area contributed by atoms with Crippen molar-refractivity contribution in [3.63, 3.8) is 0 Å². The Labute approximate surface area is 172 Å². The minimum absolute atomic E-state index is 0.144. The van der Waals surface area contributed by atoms with Gasteiger partial charge in [-0.1, -0.05) is 25.0 Å². The van der Waals surface area contributed by atoms with Crippen LogP contribution in [-0.2, 0) is 19.1 Å². The van der Waals surface area contributed by atoms with Crippen molar-refractivity contribution in [3.05, 3.63) is 59.5 Å². The highest BCUT2D eigenvalue weighted by Crippen LogP contribution is 2.36. The van der Waals surface area contributed by atoms with Gasteiger partial charge in [0.25, 0.3) is 0 Å². The molecule has 0 radical (unpaired) electrons. The highest BCUT2D eigenvalue weighted by atomic mass is 16.5. The highest BCUT2D eigenvalue weighted by Gasteiger charge is 2.29. The van der Waals surface area contributed by atoms with E-state index in [2.05, 4.69) is 17.0 Å². The second-order valence-electron chi connectivity index (χ2n) is 7.21. The molecule has 6 nitrogen and oxygen atoms in total. The van der Waals surface area contributed by atoms with Crippen molar-refractivity contribution in [1.82, 2.24) is 0 Å². The molecule has 2 aliphatic heterocycles. The van der Waals surface area contributed by atoms with Crippen LogP contribution < -0.4 is 9.80 Å². The molecule has 1 aromatic rings. The SMILES string of the molecule is COC(=O)C1=C(C(=O)OC)N(c2cc(C)ccc2N2CCCCCC2)C=CC=C1. The largest absolute Gasteiger partial charge is 0.465 e. The van der Waals surface area contributed by atoms with Crippen molar-refractivity contribution < 1.29 is 19.1 Å². The number of carbonyl (C=O) groups is 2. The zero-order valence-corrected chi connectivity index (χ0v) is 17.3. The van der Waals surface area contributed by atoms with Crippen LogP contribution in [0.5, 0.6) is 0 Å². The van der Waals surface area contributed by atoms with Gasteiger partial charge in [0.2, 0.25) is 0 Å². The number of nitrogens with zero attached hydrogens (tertiary/aromatic N) is 2. The Morgan fingerprint density at radius 3 is 2.24 bits per heavy atom. The van der Waals surface area contributed by atoms with Crippen LogP contribution in [0.25, 0.3) is 0 Å². The van der Waals surface area contributed by atoms with Gasteiger partial charge < -0.3 is 19.3 Å². The molecule has 1 saturated heterocycles. The Morgan fingerprint density at radius 1 is 0.897 bits per heavy atom. The minimum atomic E-state index is -0.593. The van der Waals surface area contributed by atoms with Gasteiger partial charge in [-0.15, -0.1) is 0 Å². The molecule has 0 unspecified atom stereocenters. The van der Waals surface area contributed by atoms with Crippen LogP contribution in [0.1, 0.15) is 31.2 Å². The summed E-state index contributed by atoms with van der Waals surface area (Å²) in [4.78, 5) is 29.3. The molecule has 0 spiro atoms. The zero-order chi connectivity index (χ0) is 20.8. The first kappa shape index (κ1) is 20.7. The molecule has 3 rings (SSSR count). The summed E-state index contributed by atoms with van der Waals surface area (Å²) in [6.45, 7) is 3.94. The van der Waals surface area contributed by atoms with Crippen molar-refractivity contribution in [2.75, 3.05) is 37.1 Å². The third-order valence-corrected chi connectivity index (χ3v) is 5.23. The number of hydrogen-bond donors (Lipinski definition) is 0. The fourth-order valence-corrected chi connectivity index (χ4v) is 3.76. The number of allylic oxidation sites excluding steroid dienone is 2.